The lowest BCUT2D eigenvalue weighted by Gasteiger charge is -2.17. The Labute approximate surface area is 146 Å². The number of aromatic amines is 1. The molecule has 4 rings (SSSR count). The first kappa shape index (κ1) is 15.5. The highest BCUT2D eigenvalue weighted by Crippen LogP contribution is 2.30. The molecule has 0 saturated heterocycles. The maximum atomic E-state index is 12.0. The molecule has 4 aromatic rings. The Morgan fingerprint density at radius 3 is 2.24 bits per heavy atom. The summed E-state index contributed by atoms with van der Waals surface area (Å²) in [6, 6.07) is 21.0. The van der Waals surface area contributed by atoms with E-state index in [1.807, 2.05) is 17.8 Å². The molecule has 0 fully saturated rings. The van der Waals surface area contributed by atoms with E-state index >= 15 is 0 Å². The third-order valence-electron chi connectivity index (χ3n) is 4.81. The average molecular weight is 328 g/mol. The predicted octanol–water partition coefficient (Wildman–Crippen LogP) is 5.35. The van der Waals surface area contributed by atoms with Crippen LogP contribution in [0.5, 0.6) is 0 Å². The Morgan fingerprint density at radius 1 is 0.920 bits per heavy atom. The lowest BCUT2D eigenvalue weighted by molar-refractivity contribution is 0.101. The zero-order valence-corrected chi connectivity index (χ0v) is 14.6. The average Bonchev–Trinajstić information content (AvgIpc) is 2.61. The molecule has 3 nitrogen and oxygen atoms in total. The zero-order chi connectivity index (χ0) is 17.6. The van der Waals surface area contributed by atoms with Crippen LogP contribution in [0.4, 0.5) is 0 Å². The Bertz CT molecular complexity index is 1080. The van der Waals surface area contributed by atoms with Gasteiger partial charge in [-0.15, -0.1) is 0 Å². The second-order valence-corrected chi connectivity index (χ2v) is 6.54. The van der Waals surface area contributed by atoms with Gasteiger partial charge in [0.15, 0.2) is 5.78 Å². The predicted molar refractivity (Wildman–Crippen MR) is 103 cm³/mol. The molecule has 0 aliphatic carbocycles. The first-order valence-electron chi connectivity index (χ1n) is 8.40. The van der Waals surface area contributed by atoms with Crippen molar-refractivity contribution in [3.8, 4) is 22.3 Å². The van der Waals surface area contributed by atoms with Gasteiger partial charge in [-0.05, 0) is 53.8 Å². The Balaban J connectivity index is 1.78. The van der Waals surface area contributed by atoms with E-state index in [2.05, 4.69) is 66.6 Å². The number of carbonyl (C=O) groups excluding carboxylic acids is 1. The highest BCUT2D eigenvalue weighted by Gasteiger charge is 2.14. The van der Waals surface area contributed by atoms with E-state index in [0.29, 0.717) is 0 Å². The number of hydrogen-bond acceptors (Lipinski definition) is 1. The number of hydrogen-bond donors (Lipinski definition) is 1. The normalized spacial score (nSPS) is 11.2. The minimum absolute atomic E-state index is 0.0789. The molecule has 0 radical (unpaired) electrons. The second kappa shape index (κ2) is 5.78. The molecule has 0 aliphatic rings. The summed E-state index contributed by atoms with van der Waals surface area (Å²) in [6.07, 6.45) is 0. The summed E-state index contributed by atoms with van der Waals surface area (Å²) in [5, 5.41) is 3.16. The number of nitrogens with zero attached hydrogens (tertiary/aromatic N) is 1. The van der Waals surface area contributed by atoms with Crippen LogP contribution in [0.25, 0.3) is 33.3 Å². The molecule has 0 aliphatic heterocycles. The lowest BCUT2D eigenvalue weighted by Crippen LogP contribution is -2.10. The van der Waals surface area contributed by atoms with E-state index in [1.165, 1.54) is 16.7 Å². The minimum atomic E-state index is 0.0789. The molecule has 0 bridgehead atoms. The first-order chi connectivity index (χ1) is 12.0. The molecular weight excluding hydrogens is 308 g/mol. The van der Waals surface area contributed by atoms with Crippen LogP contribution in [-0.2, 0) is 7.05 Å². The van der Waals surface area contributed by atoms with Crippen LogP contribution in [0.1, 0.15) is 22.8 Å². The molecule has 25 heavy (non-hydrogen) atoms. The van der Waals surface area contributed by atoms with Crippen molar-refractivity contribution in [2.24, 2.45) is 7.05 Å². The minimum Gasteiger partial charge on any atom is -0.296 e. The molecule has 0 amide bonds. The van der Waals surface area contributed by atoms with Gasteiger partial charge >= 0.3 is 0 Å². The third kappa shape index (κ3) is 2.58. The van der Waals surface area contributed by atoms with Crippen LogP contribution in [0.2, 0.25) is 0 Å². The molecule has 0 unspecified atom stereocenters. The number of ketones is 1. The van der Waals surface area contributed by atoms with Crippen molar-refractivity contribution in [1.29, 1.82) is 0 Å². The summed E-state index contributed by atoms with van der Waals surface area (Å²) < 4.78 is 1.94. The van der Waals surface area contributed by atoms with Gasteiger partial charge in [-0.25, -0.2) is 0 Å². The maximum Gasteiger partial charge on any atom is 0.162 e. The van der Waals surface area contributed by atoms with Gasteiger partial charge < -0.3 is 0 Å². The van der Waals surface area contributed by atoms with E-state index < -0.39 is 0 Å². The number of carbonyl (C=O) groups is 1. The van der Waals surface area contributed by atoms with Crippen molar-refractivity contribution >= 4 is 16.8 Å². The van der Waals surface area contributed by atoms with Gasteiger partial charge in [0.05, 0.1) is 11.0 Å². The van der Waals surface area contributed by atoms with Gasteiger partial charge in [0.25, 0.3) is 0 Å². The van der Waals surface area contributed by atoms with E-state index in [4.69, 9.17) is 0 Å². The number of nitrogens with one attached hydrogen (secondary N) is 1. The summed E-state index contributed by atoms with van der Waals surface area (Å²) >= 11 is 0. The Hall–Kier alpha value is -3.07. The first-order valence-corrected chi connectivity index (χ1v) is 8.40. The van der Waals surface area contributed by atoms with Gasteiger partial charge in [0.2, 0.25) is 0 Å². The monoisotopic (exact) mass is 328 g/mol. The number of Topliss-reactive ketones (excluding diaryl/α,β-unsaturated/α-hetero) is 1. The molecule has 1 N–H and O–H groups in total. The fourth-order valence-corrected chi connectivity index (χ4v) is 3.37. The van der Waals surface area contributed by atoms with Gasteiger partial charge in [0, 0.05) is 12.6 Å². The zero-order valence-electron chi connectivity index (χ0n) is 14.6. The summed E-state index contributed by atoms with van der Waals surface area (Å²) in [5.41, 5.74) is 8.63. The number of fused-ring (bicyclic) bond motifs is 1. The topological polar surface area (TPSA) is 37.8 Å². The van der Waals surface area contributed by atoms with Crippen LogP contribution < -0.4 is 0 Å². The van der Waals surface area contributed by atoms with Crippen molar-refractivity contribution in [1.82, 2.24) is 9.78 Å². The largest absolute Gasteiger partial charge is 0.296 e. The third-order valence-corrected chi connectivity index (χ3v) is 4.81. The molecule has 1 heterocycles. The SMILES string of the molecule is CC(=O)c1cc(-c2ccc(-c3ccccc3C)cc2)cc2c1[nH]n2C. The number of aryl methyl sites for hydroxylation is 2. The molecule has 3 heteroatoms. The van der Waals surface area contributed by atoms with Gasteiger partial charge in [-0.3, -0.25) is 14.6 Å². The molecular formula is C22H20N2O. The number of rotatable bonds is 3. The lowest BCUT2D eigenvalue weighted by atomic mass is 9.96. The van der Waals surface area contributed by atoms with Crippen LogP contribution in [0.15, 0.2) is 60.7 Å². The second-order valence-electron chi connectivity index (χ2n) is 6.54. The van der Waals surface area contributed by atoms with Crippen LogP contribution in [0.3, 0.4) is 0 Å². The number of aromatic nitrogens is 2. The molecule has 0 saturated carbocycles. The van der Waals surface area contributed by atoms with Gasteiger partial charge in [-0.2, -0.15) is 0 Å². The summed E-state index contributed by atoms with van der Waals surface area (Å²) in [5.74, 6) is 0.0789. The summed E-state index contributed by atoms with van der Waals surface area (Å²) in [6.45, 7) is 3.74. The highest BCUT2D eigenvalue weighted by molar-refractivity contribution is 6.07. The molecule has 0 spiro atoms. The van der Waals surface area contributed by atoms with Crippen LogP contribution in [0, 0.1) is 6.92 Å². The molecule has 1 aromatic heterocycles. The van der Waals surface area contributed by atoms with E-state index in [0.717, 1.165) is 27.7 Å². The summed E-state index contributed by atoms with van der Waals surface area (Å²) in [7, 11) is 1.96. The Kier molecular flexibility index (Phi) is 3.57. The highest BCUT2D eigenvalue weighted by atomic mass is 16.1. The van der Waals surface area contributed by atoms with E-state index in [-0.39, 0.29) is 5.78 Å². The van der Waals surface area contributed by atoms with Crippen molar-refractivity contribution in [3.05, 3.63) is 71.8 Å². The van der Waals surface area contributed by atoms with Gasteiger partial charge in [-0.1, -0.05) is 48.5 Å². The van der Waals surface area contributed by atoms with E-state index in [9.17, 15) is 4.79 Å². The van der Waals surface area contributed by atoms with Gasteiger partial charge in [0.1, 0.15) is 0 Å². The van der Waals surface area contributed by atoms with E-state index in [1.54, 1.807) is 6.92 Å². The van der Waals surface area contributed by atoms with Crippen molar-refractivity contribution in [2.75, 3.05) is 0 Å². The molecule has 3 aromatic carbocycles. The smallest absolute Gasteiger partial charge is 0.162 e. The number of benzene rings is 3. The van der Waals surface area contributed by atoms with Crippen LogP contribution in [-0.4, -0.2) is 15.6 Å². The fraction of sp³-hybridized carbons (Fsp3) is 0.136. The molecule has 124 valence electrons. The van der Waals surface area contributed by atoms with Crippen molar-refractivity contribution in [3.63, 3.8) is 0 Å². The van der Waals surface area contributed by atoms with Crippen molar-refractivity contribution in [2.45, 2.75) is 13.8 Å². The fourth-order valence-electron chi connectivity index (χ4n) is 3.37. The maximum absolute atomic E-state index is 12.0. The van der Waals surface area contributed by atoms with Crippen LogP contribution >= 0.6 is 0 Å². The summed E-state index contributed by atoms with van der Waals surface area (Å²) in [4.78, 5) is 12.0. The quantitative estimate of drug-likeness (QED) is 0.506. The standard InChI is InChI=1S/C22H20N2O/c1-14-6-4-5-7-19(14)17-10-8-16(9-11-17)18-12-20(15(2)25)22-21(13-18)24(3)23-22/h4-13,23H,1-3H3. The van der Waals surface area contributed by atoms with Crippen molar-refractivity contribution < 1.29 is 4.79 Å². The molecule has 0 atom stereocenters. The number of H-pyrrole nitrogens is 1. The Morgan fingerprint density at radius 2 is 1.60 bits per heavy atom.